The van der Waals surface area contributed by atoms with Gasteiger partial charge in [0.15, 0.2) is 0 Å². The summed E-state index contributed by atoms with van der Waals surface area (Å²) >= 11 is 0. The van der Waals surface area contributed by atoms with E-state index in [4.69, 9.17) is 4.74 Å². The number of rotatable bonds is 7. The molecule has 1 atom stereocenters. The average molecular weight is 387 g/mol. The van der Waals surface area contributed by atoms with E-state index in [1.807, 2.05) is 47.1 Å². The summed E-state index contributed by atoms with van der Waals surface area (Å²) in [7, 11) is 0. The number of hydrogen-bond donors (Lipinski definition) is 0. The van der Waals surface area contributed by atoms with E-state index in [9.17, 15) is 9.59 Å². The molecule has 1 heterocycles. The molecule has 0 bridgehead atoms. The van der Waals surface area contributed by atoms with Crippen molar-refractivity contribution in [3.05, 3.63) is 35.9 Å². The van der Waals surface area contributed by atoms with Crippen LogP contribution in [0, 0.1) is 5.92 Å². The van der Waals surface area contributed by atoms with Crippen molar-refractivity contribution in [2.75, 3.05) is 26.2 Å². The highest BCUT2D eigenvalue weighted by Crippen LogP contribution is 2.27. The highest BCUT2D eigenvalue weighted by Gasteiger charge is 2.27. The number of piperazine rings is 1. The molecule has 0 radical (unpaired) electrons. The van der Waals surface area contributed by atoms with Gasteiger partial charge in [-0.25, -0.2) is 0 Å². The SMILES string of the molecule is CC(OCc1ccccc1)C(=O)N1CCN(C(=O)CCC2CCCCC2)CC1. The lowest BCUT2D eigenvalue weighted by Crippen LogP contribution is -2.52. The molecular formula is C23H34N2O3. The summed E-state index contributed by atoms with van der Waals surface area (Å²) in [5.74, 6) is 1.01. The molecule has 0 spiro atoms. The predicted octanol–water partition coefficient (Wildman–Crippen LogP) is 3.62. The quantitative estimate of drug-likeness (QED) is 0.719. The lowest BCUT2D eigenvalue weighted by molar-refractivity contribution is -0.148. The second-order valence-corrected chi connectivity index (χ2v) is 8.19. The molecule has 1 aromatic rings. The van der Waals surface area contributed by atoms with E-state index in [0.717, 1.165) is 17.9 Å². The van der Waals surface area contributed by atoms with E-state index in [1.165, 1.54) is 32.1 Å². The molecular weight excluding hydrogens is 352 g/mol. The number of hydrogen-bond acceptors (Lipinski definition) is 3. The molecule has 1 aliphatic heterocycles. The van der Waals surface area contributed by atoms with Crippen molar-refractivity contribution in [3.63, 3.8) is 0 Å². The van der Waals surface area contributed by atoms with Gasteiger partial charge < -0.3 is 14.5 Å². The average Bonchev–Trinajstić information content (AvgIpc) is 2.77. The van der Waals surface area contributed by atoms with Crippen LogP contribution in [0.3, 0.4) is 0 Å². The fraction of sp³-hybridized carbons (Fsp3) is 0.652. The smallest absolute Gasteiger partial charge is 0.251 e. The van der Waals surface area contributed by atoms with Crippen molar-refractivity contribution in [2.24, 2.45) is 5.92 Å². The monoisotopic (exact) mass is 386 g/mol. The molecule has 2 amide bonds. The summed E-state index contributed by atoms with van der Waals surface area (Å²) in [6.07, 6.45) is 7.81. The third kappa shape index (κ3) is 6.06. The first-order valence-corrected chi connectivity index (χ1v) is 10.9. The van der Waals surface area contributed by atoms with Gasteiger partial charge in [0.1, 0.15) is 6.10 Å². The number of carbonyl (C=O) groups excluding carboxylic acids is 2. The standard InChI is InChI=1S/C23H34N2O3/c1-19(28-18-21-10-6-3-7-11-21)23(27)25-16-14-24(15-17-25)22(26)13-12-20-8-4-2-5-9-20/h3,6-7,10-11,19-20H,2,4-5,8-9,12-18H2,1H3. The maximum atomic E-state index is 12.6. The number of carbonyl (C=O) groups is 2. The van der Waals surface area contributed by atoms with Crippen LogP contribution in [-0.2, 0) is 20.9 Å². The lowest BCUT2D eigenvalue weighted by Gasteiger charge is -2.36. The molecule has 3 rings (SSSR count). The van der Waals surface area contributed by atoms with Crippen molar-refractivity contribution >= 4 is 11.8 Å². The third-order valence-corrected chi connectivity index (χ3v) is 6.13. The first-order valence-electron chi connectivity index (χ1n) is 10.9. The van der Waals surface area contributed by atoms with E-state index in [1.54, 1.807) is 0 Å². The number of ether oxygens (including phenoxy) is 1. The van der Waals surface area contributed by atoms with Crippen LogP contribution in [0.15, 0.2) is 30.3 Å². The van der Waals surface area contributed by atoms with Crippen molar-refractivity contribution in [3.8, 4) is 0 Å². The Bertz CT molecular complexity index is 620. The van der Waals surface area contributed by atoms with Crippen LogP contribution in [0.5, 0.6) is 0 Å². The van der Waals surface area contributed by atoms with Gasteiger partial charge in [0.2, 0.25) is 5.91 Å². The molecule has 2 fully saturated rings. The number of amides is 2. The summed E-state index contributed by atoms with van der Waals surface area (Å²) in [5.41, 5.74) is 1.07. The van der Waals surface area contributed by atoms with Crippen molar-refractivity contribution in [1.82, 2.24) is 9.80 Å². The van der Waals surface area contributed by atoms with Crippen LogP contribution in [-0.4, -0.2) is 53.9 Å². The maximum absolute atomic E-state index is 12.6. The Morgan fingerprint density at radius 2 is 1.64 bits per heavy atom. The molecule has 0 aromatic heterocycles. The predicted molar refractivity (Wildman–Crippen MR) is 110 cm³/mol. The van der Waals surface area contributed by atoms with Crippen LogP contribution in [0.4, 0.5) is 0 Å². The summed E-state index contributed by atoms with van der Waals surface area (Å²) in [6.45, 7) is 4.74. The van der Waals surface area contributed by atoms with Crippen LogP contribution in [0.2, 0.25) is 0 Å². The largest absolute Gasteiger partial charge is 0.364 e. The van der Waals surface area contributed by atoms with Crippen LogP contribution < -0.4 is 0 Å². The van der Waals surface area contributed by atoms with Gasteiger partial charge in [0.25, 0.3) is 5.91 Å². The lowest BCUT2D eigenvalue weighted by atomic mass is 9.86. The summed E-state index contributed by atoms with van der Waals surface area (Å²) in [4.78, 5) is 28.9. The zero-order valence-corrected chi connectivity index (χ0v) is 17.1. The van der Waals surface area contributed by atoms with E-state index in [0.29, 0.717) is 39.2 Å². The topological polar surface area (TPSA) is 49.9 Å². The minimum Gasteiger partial charge on any atom is -0.364 e. The van der Waals surface area contributed by atoms with E-state index < -0.39 is 6.10 Å². The highest BCUT2D eigenvalue weighted by molar-refractivity contribution is 5.81. The van der Waals surface area contributed by atoms with Gasteiger partial charge in [-0.2, -0.15) is 0 Å². The molecule has 1 unspecified atom stereocenters. The summed E-state index contributed by atoms with van der Waals surface area (Å²) < 4.78 is 5.75. The molecule has 1 aromatic carbocycles. The first-order chi connectivity index (χ1) is 13.6. The zero-order valence-electron chi connectivity index (χ0n) is 17.1. The van der Waals surface area contributed by atoms with Gasteiger partial charge in [-0.1, -0.05) is 62.4 Å². The fourth-order valence-electron chi connectivity index (χ4n) is 4.26. The Labute approximate surface area is 169 Å². The van der Waals surface area contributed by atoms with Gasteiger partial charge in [0.05, 0.1) is 6.61 Å². The molecule has 1 aliphatic carbocycles. The molecule has 0 N–H and O–H groups in total. The first kappa shape index (κ1) is 20.8. The van der Waals surface area contributed by atoms with Crippen molar-refractivity contribution in [1.29, 1.82) is 0 Å². The minimum absolute atomic E-state index is 0.0187. The Balaban J connectivity index is 1.36. The van der Waals surface area contributed by atoms with Gasteiger partial charge in [-0.05, 0) is 24.8 Å². The van der Waals surface area contributed by atoms with Crippen LogP contribution in [0.25, 0.3) is 0 Å². The molecule has 28 heavy (non-hydrogen) atoms. The molecule has 154 valence electrons. The Morgan fingerprint density at radius 3 is 2.32 bits per heavy atom. The molecule has 5 nitrogen and oxygen atoms in total. The molecule has 5 heteroatoms. The highest BCUT2D eigenvalue weighted by atomic mass is 16.5. The van der Waals surface area contributed by atoms with Crippen molar-refractivity contribution in [2.45, 2.75) is 64.6 Å². The Hall–Kier alpha value is -1.88. The number of nitrogens with zero attached hydrogens (tertiary/aromatic N) is 2. The van der Waals surface area contributed by atoms with Crippen molar-refractivity contribution < 1.29 is 14.3 Å². The fourth-order valence-corrected chi connectivity index (χ4v) is 4.26. The van der Waals surface area contributed by atoms with Gasteiger partial charge >= 0.3 is 0 Å². The van der Waals surface area contributed by atoms with Crippen LogP contribution in [0.1, 0.15) is 57.4 Å². The number of benzene rings is 1. The second-order valence-electron chi connectivity index (χ2n) is 8.19. The molecule has 1 saturated heterocycles. The third-order valence-electron chi connectivity index (χ3n) is 6.13. The van der Waals surface area contributed by atoms with Gasteiger partial charge in [-0.15, -0.1) is 0 Å². The minimum atomic E-state index is -0.464. The summed E-state index contributed by atoms with van der Waals surface area (Å²) in [5, 5.41) is 0. The van der Waals surface area contributed by atoms with Gasteiger partial charge in [0, 0.05) is 32.6 Å². The maximum Gasteiger partial charge on any atom is 0.251 e. The van der Waals surface area contributed by atoms with Gasteiger partial charge in [-0.3, -0.25) is 9.59 Å². The second kappa shape index (κ2) is 10.6. The van der Waals surface area contributed by atoms with E-state index in [-0.39, 0.29) is 11.8 Å². The zero-order chi connectivity index (χ0) is 19.8. The Kier molecular flexibility index (Phi) is 7.90. The summed E-state index contributed by atoms with van der Waals surface area (Å²) in [6, 6.07) is 9.89. The van der Waals surface area contributed by atoms with E-state index in [2.05, 4.69) is 0 Å². The Morgan fingerprint density at radius 1 is 1.00 bits per heavy atom. The van der Waals surface area contributed by atoms with Crippen LogP contribution >= 0.6 is 0 Å². The van der Waals surface area contributed by atoms with E-state index >= 15 is 0 Å². The molecule has 1 saturated carbocycles. The normalized spacial score (nSPS) is 19.5. The molecule has 2 aliphatic rings.